The lowest BCUT2D eigenvalue weighted by Crippen LogP contribution is -2.60. The lowest BCUT2D eigenvalue weighted by Gasteiger charge is -2.40. The highest BCUT2D eigenvalue weighted by atomic mass is 16.7. The lowest BCUT2D eigenvalue weighted by atomic mass is 9.99. The van der Waals surface area contributed by atoms with Gasteiger partial charge in [0.1, 0.15) is 24.4 Å². The van der Waals surface area contributed by atoms with Crippen molar-refractivity contribution in [3.05, 3.63) is 48.6 Å². The molecule has 9 nitrogen and oxygen atoms in total. The van der Waals surface area contributed by atoms with Crippen LogP contribution in [0.25, 0.3) is 0 Å². The summed E-state index contributed by atoms with van der Waals surface area (Å²) in [5, 5.41) is 54.8. The number of hydrogen-bond acceptors (Lipinski definition) is 8. The number of aliphatic hydroxyl groups is 5. The average Bonchev–Trinajstić information content (AvgIpc) is 3.60. The second-order valence-electron chi connectivity index (χ2n) is 25.4. The van der Waals surface area contributed by atoms with Gasteiger partial charge in [-0.3, -0.25) is 4.79 Å². The largest absolute Gasteiger partial charge is 0.394 e. The Morgan fingerprint density at radius 3 is 1.05 bits per heavy atom. The van der Waals surface area contributed by atoms with Gasteiger partial charge in [-0.15, -0.1) is 0 Å². The zero-order chi connectivity index (χ0) is 60.0. The van der Waals surface area contributed by atoms with Gasteiger partial charge < -0.3 is 40.3 Å². The Bertz CT molecular complexity index is 1450. The first-order valence-electron chi connectivity index (χ1n) is 36.4. The number of hydrogen-bond donors (Lipinski definition) is 6. The Morgan fingerprint density at radius 1 is 0.410 bits per heavy atom. The van der Waals surface area contributed by atoms with E-state index in [0.717, 1.165) is 51.4 Å². The number of carbonyl (C=O) groups is 1. The summed E-state index contributed by atoms with van der Waals surface area (Å²) in [4.78, 5) is 13.1. The third kappa shape index (κ3) is 51.9. The molecule has 0 saturated carbocycles. The zero-order valence-corrected chi connectivity index (χ0v) is 54.7. The van der Waals surface area contributed by atoms with Crippen molar-refractivity contribution in [2.45, 2.75) is 403 Å². The van der Waals surface area contributed by atoms with Gasteiger partial charge in [0, 0.05) is 6.42 Å². The molecule has 0 aromatic carbocycles. The topological polar surface area (TPSA) is 149 Å². The van der Waals surface area contributed by atoms with Gasteiger partial charge in [0.25, 0.3) is 0 Å². The average molecular weight is 1170 g/mol. The minimum absolute atomic E-state index is 0.170. The van der Waals surface area contributed by atoms with Crippen LogP contribution in [0.5, 0.6) is 0 Å². The molecule has 7 unspecified atom stereocenters. The molecule has 1 heterocycles. The molecule has 1 saturated heterocycles. The number of nitrogens with one attached hydrogen (secondary N) is 1. The highest BCUT2D eigenvalue weighted by molar-refractivity contribution is 5.76. The summed E-state index contributed by atoms with van der Waals surface area (Å²) in [6, 6.07) is -0.806. The number of aliphatic hydroxyl groups excluding tert-OH is 5. The van der Waals surface area contributed by atoms with Crippen LogP contribution < -0.4 is 5.32 Å². The standard InChI is InChI=1S/C74H139NO8/c1-3-5-7-9-11-13-15-17-19-21-23-25-27-29-30-31-32-33-34-35-36-37-38-40-42-44-46-48-50-52-54-56-58-60-62-64-70(78)75-67(66-82-74-73(81)72(80)71(79)69(65-76)83-74)68(77)63-61-59-57-55-53-51-49-47-45-43-41-39-28-26-24-22-20-18-16-14-12-10-8-6-4-2/h15,17,21,23,27,29,61,63,67-69,71-74,76-77,79-81H,3-14,16,18-20,22,24-26,28,30-60,62,64-66H2,1-2H3,(H,75,78)/b17-15-,23-21-,29-27-,63-61+. The number of amides is 1. The van der Waals surface area contributed by atoms with Crippen LogP contribution in [-0.4, -0.2) is 87.5 Å². The van der Waals surface area contributed by atoms with Gasteiger partial charge in [-0.25, -0.2) is 0 Å². The number of carbonyl (C=O) groups excluding carboxylic acids is 1. The monoisotopic (exact) mass is 1170 g/mol. The molecule has 1 fully saturated rings. The number of allylic oxidation sites excluding steroid dienone is 7. The molecule has 83 heavy (non-hydrogen) atoms. The van der Waals surface area contributed by atoms with Gasteiger partial charge in [0.05, 0.1) is 25.4 Å². The summed E-state index contributed by atoms with van der Waals surface area (Å²) in [5.41, 5.74) is 0. The van der Waals surface area contributed by atoms with Gasteiger partial charge in [-0.1, -0.05) is 345 Å². The molecule has 0 aliphatic carbocycles. The summed E-state index contributed by atoms with van der Waals surface area (Å²) in [6.07, 6.45) is 79.4. The molecule has 1 aliphatic heterocycles. The third-order valence-corrected chi connectivity index (χ3v) is 17.4. The van der Waals surface area contributed by atoms with Crippen LogP contribution in [0.3, 0.4) is 0 Å². The lowest BCUT2D eigenvalue weighted by molar-refractivity contribution is -0.302. The minimum Gasteiger partial charge on any atom is -0.394 e. The van der Waals surface area contributed by atoms with Crippen molar-refractivity contribution in [2.75, 3.05) is 13.2 Å². The van der Waals surface area contributed by atoms with Crippen LogP contribution in [0.1, 0.15) is 361 Å². The Morgan fingerprint density at radius 2 is 0.711 bits per heavy atom. The van der Waals surface area contributed by atoms with E-state index in [-0.39, 0.29) is 12.5 Å². The van der Waals surface area contributed by atoms with E-state index in [0.29, 0.717) is 6.42 Å². The number of ether oxygens (including phenoxy) is 2. The van der Waals surface area contributed by atoms with Gasteiger partial charge in [-0.05, 0) is 57.8 Å². The van der Waals surface area contributed by atoms with Crippen molar-refractivity contribution < 1.29 is 39.8 Å². The molecule has 0 aromatic heterocycles. The SMILES string of the molecule is CCCCCCC/C=C\C/C=C\C/C=C\CCCCCCCCCCCCCCCCCCCCCCC(=O)NC(COC1OC(CO)C(O)C(O)C1O)C(O)/C=C/CCCCCCCCCCCCCCCCCCCCCCCCC. The van der Waals surface area contributed by atoms with E-state index in [4.69, 9.17) is 9.47 Å². The second-order valence-corrected chi connectivity index (χ2v) is 25.4. The molecule has 488 valence electrons. The van der Waals surface area contributed by atoms with Crippen LogP contribution in [0, 0.1) is 0 Å². The molecule has 0 bridgehead atoms. The van der Waals surface area contributed by atoms with E-state index in [1.54, 1.807) is 6.08 Å². The first-order valence-corrected chi connectivity index (χ1v) is 36.4. The number of unbranched alkanes of at least 4 members (excludes halogenated alkanes) is 48. The molecular formula is C74H139NO8. The summed E-state index contributed by atoms with van der Waals surface area (Å²) in [6.45, 7) is 3.82. The molecular weight excluding hydrogens is 1030 g/mol. The van der Waals surface area contributed by atoms with E-state index >= 15 is 0 Å². The number of rotatable bonds is 64. The van der Waals surface area contributed by atoms with E-state index in [9.17, 15) is 30.3 Å². The Balaban J connectivity index is 2.10. The fourth-order valence-corrected chi connectivity index (χ4v) is 11.7. The molecule has 1 rings (SSSR count). The Kier molecular flexibility index (Phi) is 60.3. The van der Waals surface area contributed by atoms with Crippen molar-refractivity contribution in [1.82, 2.24) is 5.32 Å². The summed E-state index contributed by atoms with van der Waals surface area (Å²) in [7, 11) is 0. The molecule has 1 amide bonds. The predicted molar refractivity (Wildman–Crippen MR) is 355 cm³/mol. The molecule has 1 aliphatic rings. The first kappa shape index (κ1) is 79.2. The van der Waals surface area contributed by atoms with E-state index in [1.165, 1.54) is 289 Å². The van der Waals surface area contributed by atoms with Gasteiger partial charge in [-0.2, -0.15) is 0 Å². The second kappa shape index (κ2) is 63.2. The summed E-state index contributed by atoms with van der Waals surface area (Å²) >= 11 is 0. The normalized spacial score (nSPS) is 18.5. The van der Waals surface area contributed by atoms with Gasteiger partial charge in [0.15, 0.2) is 6.29 Å². The maximum absolute atomic E-state index is 13.1. The maximum Gasteiger partial charge on any atom is 0.220 e. The minimum atomic E-state index is -1.57. The van der Waals surface area contributed by atoms with Crippen LogP contribution in [-0.2, 0) is 14.3 Å². The smallest absolute Gasteiger partial charge is 0.220 e. The molecule has 6 N–H and O–H groups in total. The molecule has 0 aromatic rings. The van der Waals surface area contributed by atoms with Crippen molar-refractivity contribution in [2.24, 2.45) is 0 Å². The fourth-order valence-electron chi connectivity index (χ4n) is 11.7. The van der Waals surface area contributed by atoms with Crippen LogP contribution >= 0.6 is 0 Å². The van der Waals surface area contributed by atoms with Crippen LogP contribution in [0.15, 0.2) is 48.6 Å². The molecule has 0 spiro atoms. The van der Waals surface area contributed by atoms with Crippen molar-refractivity contribution in [3.63, 3.8) is 0 Å². The van der Waals surface area contributed by atoms with E-state index in [1.807, 2.05) is 6.08 Å². The van der Waals surface area contributed by atoms with Crippen molar-refractivity contribution in [3.8, 4) is 0 Å². The van der Waals surface area contributed by atoms with E-state index in [2.05, 4.69) is 55.6 Å². The van der Waals surface area contributed by atoms with Crippen molar-refractivity contribution in [1.29, 1.82) is 0 Å². The fraction of sp³-hybridized carbons (Fsp3) is 0.878. The van der Waals surface area contributed by atoms with Crippen molar-refractivity contribution >= 4 is 5.91 Å². The summed E-state index contributed by atoms with van der Waals surface area (Å²) < 4.78 is 11.3. The Labute approximate surface area is 514 Å². The van der Waals surface area contributed by atoms with Gasteiger partial charge in [0.2, 0.25) is 5.91 Å². The Hall–Kier alpha value is -1.85. The zero-order valence-electron chi connectivity index (χ0n) is 54.7. The molecule has 9 heteroatoms. The highest BCUT2D eigenvalue weighted by Crippen LogP contribution is 2.23. The maximum atomic E-state index is 13.1. The van der Waals surface area contributed by atoms with Gasteiger partial charge >= 0.3 is 0 Å². The summed E-state index contributed by atoms with van der Waals surface area (Å²) in [5.74, 6) is -0.170. The van der Waals surface area contributed by atoms with E-state index < -0.39 is 49.5 Å². The quantitative estimate of drug-likeness (QED) is 0.0261. The molecule has 0 radical (unpaired) electrons. The third-order valence-electron chi connectivity index (χ3n) is 17.4. The van der Waals surface area contributed by atoms with Crippen LogP contribution in [0.4, 0.5) is 0 Å². The first-order chi connectivity index (χ1) is 40.8. The predicted octanol–water partition coefficient (Wildman–Crippen LogP) is 20.0. The molecule has 7 atom stereocenters. The highest BCUT2D eigenvalue weighted by Gasteiger charge is 2.44. The van der Waals surface area contributed by atoms with Crippen LogP contribution in [0.2, 0.25) is 0 Å².